The number of rotatable bonds is 1. The fraction of sp³-hybridized carbons (Fsp3) is 0.0909. The molecule has 0 heterocycles. The number of hydrogen-bond donors (Lipinski definition) is 0. The Hall–Kier alpha value is -1.48. The van der Waals surface area contributed by atoms with Crippen molar-refractivity contribution in [2.75, 3.05) is 0 Å². The van der Waals surface area contributed by atoms with Crippen molar-refractivity contribution >= 4 is 6.08 Å². The summed E-state index contributed by atoms with van der Waals surface area (Å²) in [6.45, 7) is 5.70. The van der Waals surface area contributed by atoms with Gasteiger partial charge in [0.05, 0.1) is 0 Å². The average Bonchev–Trinajstić information content (AvgIpc) is 2.04. The highest BCUT2D eigenvalue weighted by Gasteiger charge is 1.94. The Bertz CT molecular complexity index is 313. The van der Waals surface area contributed by atoms with Crippen LogP contribution in [0.25, 0.3) is 6.08 Å². The molecule has 0 fully saturated rings. The number of benzene rings is 1. The van der Waals surface area contributed by atoms with Gasteiger partial charge in [-0.15, -0.1) is 6.42 Å². The lowest BCUT2D eigenvalue weighted by molar-refractivity contribution is 1.44. The maximum absolute atomic E-state index is 5.30. The lowest BCUT2D eigenvalue weighted by Crippen LogP contribution is -1.82. The first kappa shape index (κ1) is 7.63. The summed E-state index contributed by atoms with van der Waals surface area (Å²) in [5.41, 5.74) is 3.13. The maximum atomic E-state index is 5.30. The van der Waals surface area contributed by atoms with Gasteiger partial charge >= 0.3 is 0 Å². The number of aryl methyl sites for hydroxylation is 1. The summed E-state index contributed by atoms with van der Waals surface area (Å²) in [4.78, 5) is 0. The molecule has 0 aliphatic heterocycles. The van der Waals surface area contributed by atoms with Gasteiger partial charge in [-0.05, 0) is 24.1 Å². The standard InChI is InChI=1S/C11H10/c1-4-10-7-6-9(3)8-11(10)5-2/h2,4,6-8H,1H2,3H3. The van der Waals surface area contributed by atoms with E-state index in [0.29, 0.717) is 0 Å². The van der Waals surface area contributed by atoms with E-state index in [1.54, 1.807) is 6.08 Å². The van der Waals surface area contributed by atoms with Gasteiger partial charge in [0.15, 0.2) is 0 Å². The van der Waals surface area contributed by atoms with Crippen LogP contribution in [0.15, 0.2) is 24.8 Å². The highest BCUT2D eigenvalue weighted by atomic mass is 14.0. The van der Waals surface area contributed by atoms with Crippen molar-refractivity contribution < 1.29 is 0 Å². The lowest BCUT2D eigenvalue weighted by Gasteiger charge is -1.98. The van der Waals surface area contributed by atoms with Gasteiger partial charge in [0.1, 0.15) is 0 Å². The van der Waals surface area contributed by atoms with Crippen molar-refractivity contribution in [3.05, 3.63) is 41.5 Å². The molecule has 1 aromatic rings. The molecule has 0 aliphatic rings. The predicted octanol–water partition coefficient (Wildman–Crippen LogP) is 2.62. The summed E-state index contributed by atoms with van der Waals surface area (Å²) >= 11 is 0. The predicted molar refractivity (Wildman–Crippen MR) is 49.2 cm³/mol. The summed E-state index contributed by atoms with van der Waals surface area (Å²) < 4.78 is 0. The van der Waals surface area contributed by atoms with Gasteiger partial charge in [0, 0.05) is 5.56 Å². The van der Waals surface area contributed by atoms with Gasteiger partial charge in [-0.1, -0.05) is 30.7 Å². The minimum absolute atomic E-state index is 0.917. The second kappa shape index (κ2) is 3.07. The molecular weight excluding hydrogens is 132 g/mol. The second-order valence-corrected chi connectivity index (χ2v) is 2.44. The average molecular weight is 142 g/mol. The third-order valence-corrected chi connectivity index (χ3v) is 1.58. The molecule has 0 saturated heterocycles. The van der Waals surface area contributed by atoms with Crippen LogP contribution in [0, 0.1) is 19.3 Å². The zero-order chi connectivity index (χ0) is 8.27. The van der Waals surface area contributed by atoms with Crippen molar-refractivity contribution in [1.82, 2.24) is 0 Å². The smallest absolute Gasteiger partial charge is 0.0317 e. The quantitative estimate of drug-likeness (QED) is 0.529. The van der Waals surface area contributed by atoms with E-state index in [2.05, 4.69) is 12.5 Å². The number of terminal acetylenes is 1. The first-order chi connectivity index (χ1) is 5.27. The Balaban J connectivity index is 3.30. The van der Waals surface area contributed by atoms with Crippen LogP contribution in [-0.4, -0.2) is 0 Å². The van der Waals surface area contributed by atoms with Crippen molar-refractivity contribution in [2.45, 2.75) is 6.92 Å². The Morgan fingerprint density at radius 2 is 2.27 bits per heavy atom. The molecule has 0 atom stereocenters. The van der Waals surface area contributed by atoms with Crippen LogP contribution < -0.4 is 0 Å². The third kappa shape index (κ3) is 1.50. The van der Waals surface area contributed by atoms with Crippen molar-refractivity contribution in [1.29, 1.82) is 0 Å². The first-order valence-electron chi connectivity index (χ1n) is 3.47. The van der Waals surface area contributed by atoms with Crippen LogP contribution in [0.4, 0.5) is 0 Å². The van der Waals surface area contributed by atoms with E-state index in [4.69, 9.17) is 6.42 Å². The van der Waals surface area contributed by atoms with Gasteiger partial charge in [0.25, 0.3) is 0 Å². The summed E-state index contributed by atoms with van der Waals surface area (Å²) in [5.74, 6) is 2.62. The molecule has 1 rings (SSSR count). The van der Waals surface area contributed by atoms with E-state index < -0.39 is 0 Å². The van der Waals surface area contributed by atoms with Gasteiger partial charge in [0.2, 0.25) is 0 Å². The zero-order valence-corrected chi connectivity index (χ0v) is 6.59. The maximum Gasteiger partial charge on any atom is 0.0317 e. The molecule has 54 valence electrons. The van der Waals surface area contributed by atoms with Gasteiger partial charge in [-0.2, -0.15) is 0 Å². The Morgan fingerprint density at radius 3 is 2.82 bits per heavy atom. The molecule has 0 unspecified atom stereocenters. The Kier molecular flexibility index (Phi) is 2.13. The highest BCUT2D eigenvalue weighted by Crippen LogP contribution is 2.11. The third-order valence-electron chi connectivity index (χ3n) is 1.58. The molecule has 0 radical (unpaired) electrons. The van der Waals surface area contributed by atoms with Crippen LogP contribution in [-0.2, 0) is 0 Å². The molecule has 1 aromatic carbocycles. The Morgan fingerprint density at radius 1 is 1.55 bits per heavy atom. The van der Waals surface area contributed by atoms with Crippen LogP contribution >= 0.6 is 0 Å². The molecule has 0 spiro atoms. The van der Waals surface area contributed by atoms with E-state index in [9.17, 15) is 0 Å². The van der Waals surface area contributed by atoms with Gasteiger partial charge in [-0.3, -0.25) is 0 Å². The van der Waals surface area contributed by atoms with Crippen LogP contribution in [0.1, 0.15) is 16.7 Å². The summed E-state index contributed by atoms with van der Waals surface area (Å²) in [6.07, 6.45) is 7.07. The summed E-state index contributed by atoms with van der Waals surface area (Å²) in [7, 11) is 0. The van der Waals surface area contributed by atoms with E-state index in [1.807, 2.05) is 25.1 Å². The molecule has 0 N–H and O–H groups in total. The molecule has 0 nitrogen and oxygen atoms in total. The second-order valence-electron chi connectivity index (χ2n) is 2.44. The largest absolute Gasteiger partial charge is 0.115 e. The molecule has 0 aliphatic carbocycles. The number of hydrogen-bond acceptors (Lipinski definition) is 0. The van der Waals surface area contributed by atoms with Crippen LogP contribution in [0.2, 0.25) is 0 Å². The highest BCUT2D eigenvalue weighted by molar-refractivity contribution is 5.58. The van der Waals surface area contributed by atoms with Crippen LogP contribution in [0.3, 0.4) is 0 Å². The fourth-order valence-corrected chi connectivity index (χ4v) is 0.973. The molecule has 0 amide bonds. The van der Waals surface area contributed by atoms with Crippen molar-refractivity contribution in [2.24, 2.45) is 0 Å². The normalized spacial score (nSPS) is 8.73. The minimum atomic E-state index is 0.917. The van der Waals surface area contributed by atoms with Crippen LogP contribution in [0.5, 0.6) is 0 Å². The summed E-state index contributed by atoms with van der Waals surface area (Å²) in [5, 5.41) is 0. The lowest BCUT2D eigenvalue weighted by atomic mass is 10.1. The van der Waals surface area contributed by atoms with Gasteiger partial charge < -0.3 is 0 Å². The molecule has 11 heavy (non-hydrogen) atoms. The monoisotopic (exact) mass is 142 g/mol. The van der Waals surface area contributed by atoms with E-state index in [0.717, 1.165) is 11.1 Å². The molecule has 0 heteroatoms. The van der Waals surface area contributed by atoms with E-state index in [-0.39, 0.29) is 0 Å². The molecular formula is C11H10. The molecule has 0 aromatic heterocycles. The van der Waals surface area contributed by atoms with E-state index in [1.165, 1.54) is 5.56 Å². The van der Waals surface area contributed by atoms with Crippen molar-refractivity contribution in [3.8, 4) is 12.3 Å². The summed E-state index contributed by atoms with van der Waals surface area (Å²) in [6, 6.07) is 5.99. The fourth-order valence-electron chi connectivity index (χ4n) is 0.973. The zero-order valence-electron chi connectivity index (χ0n) is 6.59. The topological polar surface area (TPSA) is 0 Å². The molecule has 0 saturated carbocycles. The Labute approximate surface area is 67.6 Å². The van der Waals surface area contributed by atoms with Gasteiger partial charge in [-0.25, -0.2) is 0 Å². The van der Waals surface area contributed by atoms with E-state index >= 15 is 0 Å². The minimum Gasteiger partial charge on any atom is -0.115 e. The van der Waals surface area contributed by atoms with Crippen molar-refractivity contribution in [3.63, 3.8) is 0 Å². The first-order valence-corrected chi connectivity index (χ1v) is 3.47. The SMILES string of the molecule is C#Cc1cc(C)ccc1C=C. The molecule has 0 bridgehead atoms.